The highest BCUT2D eigenvalue weighted by atomic mass is 16.3. The van der Waals surface area contributed by atoms with E-state index >= 15 is 0 Å². The summed E-state index contributed by atoms with van der Waals surface area (Å²) in [6.07, 6.45) is 4.46. The Kier molecular flexibility index (Phi) is 5.27. The van der Waals surface area contributed by atoms with Crippen molar-refractivity contribution in [2.75, 3.05) is 26.2 Å². The van der Waals surface area contributed by atoms with Gasteiger partial charge >= 0.3 is 0 Å². The topological polar surface area (TPSA) is 59.6 Å². The van der Waals surface area contributed by atoms with Crippen molar-refractivity contribution in [1.82, 2.24) is 14.8 Å². The number of piperidine rings is 2. The zero-order valence-electron chi connectivity index (χ0n) is 15.4. The van der Waals surface area contributed by atoms with E-state index in [1.165, 1.54) is 16.6 Å². The first kappa shape index (κ1) is 17.6. The van der Waals surface area contributed by atoms with E-state index < -0.39 is 0 Å². The number of unbranched alkanes of at least 4 members (excludes halogenated alkanes) is 1. The molecule has 2 atom stereocenters. The van der Waals surface area contributed by atoms with Gasteiger partial charge in [0.1, 0.15) is 0 Å². The van der Waals surface area contributed by atoms with Crippen LogP contribution in [0, 0.1) is 5.92 Å². The van der Waals surface area contributed by atoms with Crippen molar-refractivity contribution in [2.24, 2.45) is 5.92 Å². The SMILES string of the molecule is O=C1CC[C@H]2CN(Cc3cc4ccccc4[nH]3)CC[C@H]2N1CCCCO. The number of nitrogens with one attached hydrogen (secondary N) is 1. The van der Waals surface area contributed by atoms with Crippen LogP contribution < -0.4 is 0 Å². The molecular weight excluding hydrogens is 326 g/mol. The fraction of sp³-hybridized carbons (Fsp3) is 0.571. The summed E-state index contributed by atoms with van der Waals surface area (Å²) in [7, 11) is 0. The minimum absolute atomic E-state index is 0.217. The van der Waals surface area contributed by atoms with E-state index in [0.29, 0.717) is 24.3 Å². The van der Waals surface area contributed by atoms with Crippen LogP contribution in [0.3, 0.4) is 0 Å². The number of aliphatic hydroxyl groups is 1. The molecule has 2 saturated heterocycles. The number of amides is 1. The number of rotatable bonds is 6. The molecule has 5 nitrogen and oxygen atoms in total. The molecule has 140 valence electrons. The fourth-order valence-corrected chi connectivity index (χ4v) is 4.71. The van der Waals surface area contributed by atoms with Crippen molar-refractivity contribution in [3.05, 3.63) is 36.0 Å². The van der Waals surface area contributed by atoms with Gasteiger partial charge in [0, 0.05) is 56.5 Å². The fourth-order valence-electron chi connectivity index (χ4n) is 4.71. The van der Waals surface area contributed by atoms with Gasteiger partial charge < -0.3 is 15.0 Å². The molecule has 0 aliphatic carbocycles. The van der Waals surface area contributed by atoms with Crippen LogP contribution in [0.5, 0.6) is 0 Å². The van der Waals surface area contributed by atoms with E-state index in [9.17, 15) is 4.79 Å². The summed E-state index contributed by atoms with van der Waals surface area (Å²) >= 11 is 0. The number of hydrogen-bond donors (Lipinski definition) is 2. The molecule has 0 spiro atoms. The highest BCUT2D eigenvalue weighted by molar-refractivity contribution is 5.80. The number of benzene rings is 1. The zero-order chi connectivity index (χ0) is 17.9. The third kappa shape index (κ3) is 3.64. The predicted octanol–water partition coefficient (Wildman–Crippen LogP) is 2.75. The minimum Gasteiger partial charge on any atom is -0.396 e. The molecule has 1 aromatic heterocycles. The van der Waals surface area contributed by atoms with Crippen molar-refractivity contribution < 1.29 is 9.90 Å². The Morgan fingerprint density at radius 1 is 1.19 bits per heavy atom. The van der Waals surface area contributed by atoms with Gasteiger partial charge in [-0.05, 0) is 49.1 Å². The molecule has 26 heavy (non-hydrogen) atoms. The maximum Gasteiger partial charge on any atom is 0.222 e. The van der Waals surface area contributed by atoms with Gasteiger partial charge in [0.15, 0.2) is 0 Å². The summed E-state index contributed by atoms with van der Waals surface area (Å²) < 4.78 is 0. The first-order valence-electron chi connectivity index (χ1n) is 9.94. The number of aromatic nitrogens is 1. The first-order chi connectivity index (χ1) is 12.7. The van der Waals surface area contributed by atoms with Crippen LogP contribution >= 0.6 is 0 Å². The highest BCUT2D eigenvalue weighted by Gasteiger charge is 2.38. The van der Waals surface area contributed by atoms with Crippen LogP contribution in [0.4, 0.5) is 0 Å². The van der Waals surface area contributed by atoms with Gasteiger partial charge in [0.25, 0.3) is 0 Å². The molecule has 0 unspecified atom stereocenters. The van der Waals surface area contributed by atoms with E-state index in [1.54, 1.807) is 0 Å². The number of aromatic amines is 1. The molecule has 4 rings (SSSR count). The number of H-pyrrole nitrogens is 1. The molecule has 0 bridgehead atoms. The minimum atomic E-state index is 0.217. The summed E-state index contributed by atoms with van der Waals surface area (Å²) in [5, 5.41) is 10.3. The molecule has 2 aliphatic heterocycles. The standard InChI is InChI=1S/C21H29N3O2/c25-12-4-3-10-24-20-9-11-23(14-17(20)7-8-21(24)26)15-18-13-16-5-1-2-6-19(16)22-18/h1-2,5-6,13,17,20,22,25H,3-4,7-12,14-15H2/t17-,20+/m0/s1. The van der Waals surface area contributed by atoms with E-state index in [-0.39, 0.29) is 6.61 Å². The number of nitrogens with zero attached hydrogens (tertiary/aromatic N) is 2. The maximum atomic E-state index is 12.4. The first-order valence-corrected chi connectivity index (χ1v) is 9.94. The average Bonchev–Trinajstić information content (AvgIpc) is 3.06. The second-order valence-corrected chi connectivity index (χ2v) is 7.79. The molecule has 0 saturated carbocycles. The summed E-state index contributed by atoms with van der Waals surface area (Å²) in [4.78, 5) is 20.5. The third-order valence-corrected chi connectivity index (χ3v) is 6.01. The lowest BCUT2D eigenvalue weighted by atomic mass is 9.83. The smallest absolute Gasteiger partial charge is 0.222 e. The Balaban J connectivity index is 1.38. The Hall–Kier alpha value is -1.85. The molecule has 2 fully saturated rings. The highest BCUT2D eigenvalue weighted by Crippen LogP contribution is 2.32. The second kappa shape index (κ2) is 7.80. The van der Waals surface area contributed by atoms with Crippen molar-refractivity contribution in [3.63, 3.8) is 0 Å². The third-order valence-electron chi connectivity index (χ3n) is 6.01. The summed E-state index contributed by atoms with van der Waals surface area (Å²) in [5.74, 6) is 0.896. The van der Waals surface area contributed by atoms with Gasteiger partial charge in [-0.2, -0.15) is 0 Å². The van der Waals surface area contributed by atoms with Crippen molar-refractivity contribution >= 4 is 16.8 Å². The molecule has 0 radical (unpaired) electrons. The van der Waals surface area contributed by atoms with Gasteiger partial charge in [-0.15, -0.1) is 0 Å². The molecular formula is C21H29N3O2. The molecule has 3 heterocycles. The van der Waals surface area contributed by atoms with Gasteiger partial charge in [-0.1, -0.05) is 18.2 Å². The van der Waals surface area contributed by atoms with Crippen LogP contribution in [-0.4, -0.2) is 58.1 Å². The monoisotopic (exact) mass is 355 g/mol. The summed E-state index contributed by atoms with van der Waals surface area (Å²) in [6, 6.07) is 11.1. The van der Waals surface area contributed by atoms with Gasteiger partial charge in [0.2, 0.25) is 5.91 Å². The van der Waals surface area contributed by atoms with Crippen LogP contribution in [0.1, 0.15) is 37.8 Å². The van der Waals surface area contributed by atoms with E-state index in [4.69, 9.17) is 5.11 Å². The number of likely N-dealkylation sites (tertiary alicyclic amines) is 2. The molecule has 1 aromatic carbocycles. The zero-order valence-corrected chi connectivity index (χ0v) is 15.4. The lowest BCUT2D eigenvalue weighted by molar-refractivity contribution is -0.141. The van der Waals surface area contributed by atoms with Crippen LogP contribution in [0.25, 0.3) is 10.9 Å². The largest absolute Gasteiger partial charge is 0.396 e. The number of hydrogen-bond acceptors (Lipinski definition) is 3. The van der Waals surface area contributed by atoms with Crippen LogP contribution in [0.15, 0.2) is 30.3 Å². The van der Waals surface area contributed by atoms with Crippen molar-refractivity contribution in [3.8, 4) is 0 Å². The Morgan fingerprint density at radius 2 is 2.08 bits per heavy atom. The molecule has 1 amide bonds. The Bertz CT molecular complexity index is 724. The quantitative estimate of drug-likeness (QED) is 0.784. The van der Waals surface area contributed by atoms with Crippen molar-refractivity contribution in [1.29, 1.82) is 0 Å². The number of carbonyl (C=O) groups is 1. The second-order valence-electron chi connectivity index (χ2n) is 7.79. The number of fused-ring (bicyclic) bond motifs is 2. The number of para-hydroxylation sites is 1. The number of aliphatic hydroxyl groups excluding tert-OH is 1. The molecule has 2 aliphatic rings. The van der Waals surface area contributed by atoms with Crippen LogP contribution in [-0.2, 0) is 11.3 Å². The molecule has 2 aromatic rings. The average molecular weight is 355 g/mol. The van der Waals surface area contributed by atoms with Gasteiger partial charge in [-0.25, -0.2) is 0 Å². The van der Waals surface area contributed by atoms with Crippen molar-refractivity contribution in [2.45, 2.75) is 44.7 Å². The summed E-state index contributed by atoms with van der Waals surface area (Å²) in [5.41, 5.74) is 2.48. The Morgan fingerprint density at radius 3 is 2.92 bits per heavy atom. The molecule has 2 N–H and O–H groups in total. The summed E-state index contributed by atoms with van der Waals surface area (Å²) in [6.45, 7) is 4.09. The van der Waals surface area contributed by atoms with E-state index in [1.807, 2.05) is 0 Å². The number of carbonyl (C=O) groups excluding carboxylic acids is 1. The molecule has 5 heteroatoms. The normalized spacial score (nSPS) is 24.2. The van der Waals surface area contributed by atoms with E-state index in [2.05, 4.69) is 45.1 Å². The lowest BCUT2D eigenvalue weighted by Gasteiger charge is -2.47. The Labute approximate surface area is 155 Å². The van der Waals surface area contributed by atoms with E-state index in [0.717, 1.165) is 51.9 Å². The van der Waals surface area contributed by atoms with Gasteiger partial charge in [-0.3, -0.25) is 9.69 Å². The van der Waals surface area contributed by atoms with Crippen LogP contribution in [0.2, 0.25) is 0 Å². The maximum absolute atomic E-state index is 12.4. The van der Waals surface area contributed by atoms with Gasteiger partial charge in [0.05, 0.1) is 0 Å². The lowest BCUT2D eigenvalue weighted by Crippen LogP contribution is -2.56. The predicted molar refractivity (Wildman–Crippen MR) is 103 cm³/mol.